The second-order valence-electron chi connectivity index (χ2n) is 6.20. The molecule has 0 saturated heterocycles. The smallest absolute Gasteiger partial charge is 0.272 e. The first-order chi connectivity index (χ1) is 13.6. The molecule has 9 nitrogen and oxygen atoms in total. The number of aryl methyl sites for hydroxylation is 2. The van der Waals surface area contributed by atoms with Crippen LogP contribution in [0.4, 0.5) is 0 Å². The SMILES string of the molecule is CCn1cc(CNC(=O)c2cc3nccc(-c4nn(CC)cc4Br)n3n2)cn1. The summed E-state index contributed by atoms with van der Waals surface area (Å²) in [5, 5.41) is 16.1. The molecule has 4 aromatic heterocycles. The Bertz CT molecular complexity index is 1140. The van der Waals surface area contributed by atoms with E-state index >= 15 is 0 Å². The summed E-state index contributed by atoms with van der Waals surface area (Å²) in [5.74, 6) is -0.265. The van der Waals surface area contributed by atoms with Gasteiger partial charge in [-0.1, -0.05) is 0 Å². The van der Waals surface area contributed by atoms with Crippen LogP contribution in [-0.2, 0) is 19.6 Å². The van der Waals surface area contributed by atoms with Gasteiger partial charge in [-0.3, -0.25) is 14.2 Å². The van der Waals surface area contributed by atoms with Crippen LogP contribution in [0.15, 0.2) is 41.4 Å². The molecule has 4 rings (SSSR count). The molecule has 0 atom stereocenters. The monoisotopic (exact) mass is 442 g/mol. The van der Waals surface area contributed by atoms with Crippen LogP contribution < -0.4 is 5.32 Å². The topological polar surface area (TPSA) is 94.9 Å². The van der Waals surface area contributed by atoms with Gasteiger partial charge in [0.25, 0.3) is 5.91 Å². The van der Waals surface area contributed by atoms with Gasteiger partial charge in [-0.2, -0.15) is 15.3 Å². The second-order valence-corrected chi connectivity index (χ2v) is 7.05. The van der Waals surface area contributed by atoms with Crippen molar-refractivity contribution in [3.63, 3.8) is 0 Å². The lowest BCUT2D eigenvalue weighted by Gasteiger charge is -2.02. The molecular formula is C18H19BrN8O. The molecule has 0 radical (unpaired) electrons. The number of carbonyl (C=O) groups excluding carboxylic acids is 1. The molecule has 0 aliphatic heterocycles. The van der Waals surface area contributed by atoms with Crippen LogP contribution in [0.1, 0.15) is 29.9 Å². The van der Waals surface area contributed by atoms with Crippen molar-refractivity contribution in [2.75, 3.05) is 0 Å². The van der Waals surface area contributed by atoms with Gasteiger partial charge in [0.15, 0.2) is 11.3 Å². The minimum atomic E-state index is -0.265. The standard InChI is InChI=1S/C18H19BrN8O/c1-3-25-10-12(9-22-25)8-21-18(28)14-7-16-20-6-5-15(27(16)23-14)17-13(19)11-26(4-2)24-17/h5-7,9-11H,3-4,8H2,1-2H3,(H,21,28). The van der Waals surface area contributed by atoms with Gasteiger partial charge < -0.3 is 5.32 Å². The third-order valence-corrected chi connectivity index (χ3v) is 4.92. The Morgan fingerprint density at radius 1 is 1.18 bits per heavy atom. The number of nitrogens with zero attached hydrogens (tertiary/aromatic N) is 7. The predicted molar refractivity (Wildman–Crippen MR) is 107 cm³/mol. The first-order valence-corrected chi connectivity index (χ1v) is 9.76. The number of fused-ring (bicyclic) bond motifs is 1. The van der Waals surface area contributed by atoms with Crippen molar-refractivity contribution in [1.82, 2.24) is 39.5 Å². The molecule has 0 aliphatic rings. The van der Waals surface area contributed by atoms with E-state index in [2.05, 4.69) is 41.5 Å². The highest BCUT2D eigenvalue weighted by molar-refractivity contribution is 9.10. The summed E-state index contributed by atoms with van der Waals surface area (Å²) in [5.41, 5.74) is 3.32. The highest BCUT2D eigenvalue weighted by Crippen LogP contribution is 2.26. The van der Waals surface area contributed by atoms with Crippen molar-refractivity contribution in [3.05, 3.63) is 52.7 Å². The number of hydrogen-bond acceptors (Lipinski definition) is 5. The summed E-state index contributed by atoms with van der Waals surface area (Å²) in [6.07, 6.45) is 7.25. The van der Waals surface area contributed by atoms with E-state index in [9.17, 15) is 4.79 Å². The number of nitrogens with one attached hydrogen (secondary N) is 1. The van der Waals surface area contributed by atoms with Crippen molar-refractivity contribution in [2.45, 2.75) is 33.5 Å². The zero-order chi connectivity index (χ0) is 19.7. The van der Waals surface area contributed by atoms with Gasteiger partial charge >= 0.3 is 0 Å². The molecule has 0 bridgehead atoms. The van der Waals surface area contributed by atoms with E-state index < -0.39 is 0 Å². The molecule has 28 heavy (non-hydrogen) atoms. The minimum absolute atomic E-state index is 0.265. The Hall–Kier alpha value is -3.01. The number of aromatic nitrogens is 7. The van der Waals surface area contributed by atoms with Crippen LogP contribution in [0.5, 0.6) is 0 Å². The summed E-state index contributed by atoms with van der Waals surface area (Å²) in [6.45, 7) is 5.97. The molecule has 144 valence electrons. The van der Waals surface area contributed by atoms with Gasteiger partial charge in [0.05, 0.1) is 16.4 Å². The van der Waals surface area contributed by atoms with E-state index in [1.54, 1.807) is 23.0 Å². The van der Waals surface area contributed by atoms with Crippen LogP contribution >= 0.6 is 15.9 Å². The molecule has 1 amide bonds. The number of halogens is 1. The van der Waals surface area contributed by atoms with Gasteiger partial charge in [0, 0.05) is 49.9 Å². The molecule has 0 spiro atoms. The number of hydrogen-bond donors (Lipinski definition) is 1. The fraction of sp³-hybridized carbons (Fsp3) is 0.278. The van der Waals surface area contributed by atoms with Crippen molar-refractivity contribution in [3.8, 4) is 11.4 Å². The van der Waals surface area contributed by atoms with E-state index in [-0.39, 0.29) is 5.91 Å². The highest BCUT2D eigenvalue weighted by Gasteiger charge is 2.17. The lowest BCUT2D eigenvalue weighted by atomic mass is 10.3. The number of amides is 1. The quantitative estimate of drug-likeness (QED) is 0.494. The Labute approximate surface area is 169 Å². The fourth-order valence-corrected chi connectivity index (χ4v) is 3.38. The minimum Gasteiger partial charge on any atom is -0.346 e. The van der Waals surface area contributed by atoms with Crippen LogP contribution in [-0.4, -0.2) is 40.1 Å². The van der Waals surface area contributed by atoms with E-state index in [4.69, 9.17) is 0 Å². The third kappa shape index (κ3) is 3.42. The summed E-state index contributed by atoms with van der Waals surface area (Å²) >= 11 is 3.54. The van der Waals surface area contributed by atoms with Gasteiger partial charge in [-0.05, 0) is 35.8 Å². The maximum atomic E-state index is 12.6. The Morgan fingerprint density at radius 3 is 2.71 bits per heavy atom. The van der Waals surface area contributed by atoms with E-state index in [1.807, 2.05) is 41.7 Å². The maximum absolute atomic E-state index is 12.6. The van der Waals surface area contributed by atoms with Crippen LogP contribution in [0, 0.1) is 0 Å². The largest absolute Gasteiger partial charge is 0.346 e. The predicted octanol–water partition coefficient (Wildman–Crippen LogP) is 2.52. The van der Waals surface area contributed by atoms with E-state index in [0.29, 0.717) is 17.9 Å². The first-order valence-electron chi connectivity index (χ1n) is 8.96. The average Bonchev–Trinajstić information content (AvgIpc) is 3.43. The average molecular weight is 443 g/mol. The van der Waals surface area contributed by atoms with Gasteiger partial charge in [0.2, 0.25) is 0 Å². The van der Waals surface area contributed by atoms with Crippen molar-refractivity contribution in [1.29, 1.82) is 0 Å². The lowest BCUT2D eigenvalue weighted by Crippen LogP contribution is -2.23. The van der Waals surface area contributed by atoms with E-state index in [0.717, 1.165) is 34.5 Å². The summed E-state index contributed by atoms with van der Waals surface area (Å²) in [6, 6.07) is 3.49. The summed E-state index contributed by atoms with van der Waals surface area (Å²) < 4.78 is 6.14. The third-order valence-electron chi connectivity index (χ3n) is 4.34. The lowest BCUT2D eigenvalue weighted by molar-refractivity contribution is 0.0945. The molecule has 4 heterocycles. The zero-order valence-corrected chi connectivity index (χ0v) is 17.1. The Morgan fingerprint density at radius 2 is 2.00 bits per heavy atom. The zero-order valence-electron chi connectivity index (χ0n) is 15.5. The molecule has 0 fully saturated rings. The second kappa shape index (κ2) is 7.55. The van der Waals surface area contributed by atoms with Gasteiger partial charge in [0.1, 0.15) is 5.69 Å². The molecule has 0 aliphatic carbocycles. The van der Waals surface area contributed by atoms with Crippen LogP contribution in [0.25, 0.3) is 17.0 Å². The molecule has 0 unspecified atom stereocenters. The van der Waals surface area contributed by atoms with Gasteiger partial charge in [-0.25, -0.2) is 9.50 Å². The molecule has 0 saturated carbocycles. The number of rotatable bonds is 6. The fourth-order valence-electron chi connectivity index (χ4n) is 2.86. The number of carbonyl (C=O) groups is 1. The summed E-state index contributed by atoms with van der Waals surface area (Å²) in [7, 11) is 0. The normalized spacial score (nSPS) is 11.2. The van der Waals surface area contributed by atoms with Crippen molar-refractivity contribution < 1.29 is 4.79 Å². The Kier molecular flexibility index (Phi) is 4.95. The molecule has 4 aromatic rings. The maximum Gasteiger partial charge on any atom is 0.272 e. The van der Waals surface area contributed by atoms with Crippen LogP contribution in [0.3, 0.4) is 0 Å². The van der Waals surface area contributed by atoms with Crippen molar-refractivity contribution >= 4 is 27.5 Å². The molecule has 10 heteroatoms. The molecular weight excluding hydrogens is 424 g/mol. The highest BCUT2D eigenvalue weighted by atomic mass is 79.9. The Balaban J connectivity index is 1.60. The van der Waals surface area contributed by atoms with E-state index in [1.165, 1.54) is 0 Å². The van der Waals surface area contributed by atoms with Gasteiger partial charge in [-0.15, -0.1) is 0 Å². The van der Waals surface area contributed by atoms with Crippen molar-refractivity contribution in [2.24, 2.45) is 0 Å². The summed E-state index contributed by atoms with van der Waals surface area (Å²) in [4.78, 5) is 16.9. The molecule has 1 N–H and O–H groups in total. The molecule has 0 aromatic carbocycles. The van der Waals surface area contributed by atoms with Crippen LogP contribution in [0.2, 0.25) is 0 Å². The first kappa shape index (κ1) is 18.4.